The number of benzene rings is 6. The van der Waals surface area contributed by atoms with Gasteiger partial charge < -0.3 is 9.80 Å². The highest BCUT2D eigenvalue weighted by atomic mass is 32.2. The molecule has 304 valence electrons. The number of carbonyl (C=O) groups excluding carboxylic acids is 3. The van der Waals surface area contributed by atoms with E-state index in [4.69, 9.17) is 0 Å². The zero-order chi connectivity index (χ0) is 43.0. The SMILES string of the molecule is CN(C)c1ccc(/C=C/C(=O)c2ccc(NS(=O)(=O)c3cccc(C(=O)c4cccc(S(=O)(=O)Nc5ccc(C(=O)/C=C/c6ccc(N(C)C)cc6)cc5)c4)c3)cc2)cc1. The van der Waals surface area contributed by atoms with Crippen LogP contribution in [0.25, 0.3) is 12.2 Å². The lowest BCUT2D eigenvalue weighted by molar-refractivity contribution is 0.103. The number of hydrogen-bond donors (Lipinski definition) is 2. The maximum absolute atomic E-state index is 13.6. The molecule has 0 atom stereocenters. The van der Waals surface area contributed by atoms with E-state index in [1.165, 1.54) is 109 Å². The number of hydrogen-bond acceptors (Lipinski definition) is 9. The molecule has 0 fully saturated rings. The lowest BCUT2D eigenvalue weighted by atomic mass is 10.0. The Labute approximate surface area is 350 Å². The van der Waals surface area contributed by atoms with Gasteiger partial charge in [-0.15, -0.1) is 0 Å². The fourth-order valence-electron chi connectivity index (χ4n) is 5.91. The van der Waals surface area contributed by atoms with Crippen molar-refractivity contribution in [3.05, 3.63) is 191 Å². The van der Waals surface area contributed by atoms with Crippen molar-refractivity contribution >= 4 is 72.3 Å². The van der Waals surface area contributed by atoms with E-state index in [9.17, 15) is 31.2 Å². The summed E-state index contributed by atoms with van der Waals surface area (Å²) in [5, 5.41) is 0. The second kappa shape index (κ2) is 18.2. The van der Waals surface area contributed by atoms with Crippen LogP contribution in [0.3, 0.4) is 0 Å². The minimum atomic E-state index is -4.17. The summed E-state index contributed by atoms with van der Waals surface area (Å²) in [5.74, 6) is -1.11. The zero-order valence-electron chi connectivity index (χ0n) is 33.2. The van der Waals surface area contributed by atoms with Gasteiger partial charge in [0.15, 0.2) is 17.3 Å². The van der Waals surface area contributed by atoms with Gasteiger partial charge in [-0.05, 0) is 120 Å². The number of nitrogens with one attached hydrogen (secondary N) is 2. The van der Waals surface area contributed by atoms with Crippen molar-refractivity contribution in [2.45, 2.75) is 9.79 Å². The number of rotatable bonds is 16. The third-order valence-corrected chi connectivity index (χ3v) is 12.1. The van der Waals surface area contributed by atoms with Gasteiger partial charge in [-0.1, -0.05) is 60.7 Å². The van der Waals surface area contributed by atoms with Crippen LogP contribution in [0.5, 0.6) is 0 Å². The molecule has 6 aromatic carbocycles. The molecular formula is C47H42N4O7S2. The Balaban J connectivity index is 1.08. The van der Waals surface area contributed by atoms with E-state index >= 15 is 0 Å². The molecule has 0 aliphatic rings. The van der Waals surface area contributed by atoms with Crippen molar-refractivity contribution in [3.63, 3.8) is 0 Å². The van der Waals surface area contributed by atoms with Gasteiger partial charge in [0, 0.05) is 73.2 Å². The number of nitrogens with zero attached hydrogens (tertiary/aromatic N) is 2. The maximum atomic E-state index is 13.6. The average molecular weight is 839 g/mol. The molecule has 2 N–H and O–H groups in total. The molecule has 0 unspecified atom stereocenters. The van der Waals surface area contributed by atoms with Crippen LogP contribution in [0.1, 0.15) is 47.8 Å². The van der Waals surface area contributed by atoms with Crippen LogP contribution in [0.4, 0.5) is 22.7 Å². The number of anilines is 4. The minimum Gasteiger partial charge on any atom is -0.378 e. The highest BCUT2D eigenvalue weighted by Gasteiger charge is 2.21. The van der Waals surface area contributed by atoms with Crippen LogP contribution in [-0.2, 0) is 20.0 Å². The van der Waals surface area contributed by atoms with Gasteiger partial charge in [-0.2, -0.15) is 0 Å². The summed E-state index contributed by atoms with van der Waals surface area (Å²) in [4.78, 5) is 42.7. The Kier molecular flexibility index (Phi) is 12.9. The topological polar surface area (TPSA) is 150 Å². The molecule has 0 bridgehead atoms. The first-order chi connectivity index (χ1) is 28.6. The predicted octanol–water partition coefficient (Wildman–Crippen LogP) is 8.44. The third-order valence-electron chi connectivity index (χ3n) is 9.33. The first-order valence-corrected chi connectivity index (χ1v) is 21.5. The Morgan fingerprint density at radius 2 is 0.800 bits per heavy atom. The smallest absolute Gasteiger partial charge is 0.261 e. The summed E-state index contributed by atoms with van der Waals surface area (Å²) >= 11 is 0. The zero-order valence-corrected chi connectivity index (χ0v) is 34.9. The molecule has 0 radical (unpaired) electrons. The number of ketones is 3. The Hall–Kier alpha value is -7.09. The summed E-state index contributed by atoms with van der Waals surface area (Å²) in [7, 11) is -0.579. The molecule has 60 heavy (non-hydrogen) atoms. The molecule has 0 aromatic heterocycles. The molecule has 6 aromatic rings. The third kappa shape index (κ3) is 10.7. The van der Waals surface area contributed by atoms with E-state index < -0.39 is 25.8 Å². The quantitative estimate of drug-likeness (QED) is 0.0723. The van der Waals surface area contributed by atoms with Gasteiger partial charge in [0.25, 0.3) is 20.0 Å². The summed E-state index contributed by atoms with van der Waals surface area (Å²) < 4.78 is 58.5. The highest BCUT2D eigenvalue weighted by Crippen LogP contribution is 2.23. The molecule has 0 aliphatic carbocycles. The fraction of sp³-hybridized carbons (Fsp3) is 0.0851. The molecule has 6 rings (SSSR count). The van der Waals surface area contributed by atoms with Gasteiger partial charge in [0.2, 0.25) is 0 Å². The number of carbonyl (C=O) groups is 3. The monoisotopic (exact) mass is 838 g/mol. The molecule has 13 heteroatoms. The van der Waals surface area contributed by atoms with E-state index in [2.05, 4.69) is 9.44 Å². The fourth-order valence-corrected chi connectivity index (χ4v) is 8.12. The van der Waals surface area contributed by atoms with E-state index in [1.807, 2.05) is 86.5 Å². The van der Waals surface area contributed by atoms with Crippen LogP contribution in [0, 0.1) is 0 Å². The first kappa shape index (κ1) is 42.5. The number of allylic oxidation sites excluding steroid dienone is 2. The van der Waals surface area contributed by atoms with Crippen molar-refractivity contribution in [3.8, 4) is 0 Å². The standard InChI is InChI=1S/C47H42N4O7S2/c1-50(2)41-25-11-33(12-26-41)15-29-45(52)35-17-21-39(22-18-35)48-59(55,56)43-9-5-7-37(31-43)47(54)38-8-6-10-44(32-38)60(57,58)49-40-23-19-36(20-24-40)46(53)30-16-34-13-27-42(28-14-34)51(3)4/h5-32,48-49H,1-4H3/b29-15+,30-16+. The first-order valence-electron chi connectivity index (χ1n) is 18.6. The summed E-state index contributed by atoms with van der Waals surface area (Å²) in [6.45, 7) is 0. The number of sulfonamides is 2. The van der Waals surface area contributed by atoms with E-state index in [0.717, 1.165) is 22.5 Å². The maximum Gasteiger partial charge on any atom is 0.261 e. The van der Waals surface area contributed by atoms with Crippen molar-refractivity contribution < 1.29 is 31.2 Å². The van der Waals surface area contributed by atoms with Crippen LogP contribution < -0.4 is 19.2 Å². The van der Waals surface area contributed by atoms with Crippen LogP contribution in [0.2, 0.25) is 0 Å². The Morgan fingerprint density at radius 3 is 1.13 bits per heavy atom. The van der Waals surface area contributed by atoms with Crippen molar-refractivity contribution in [1.82, 2.24) is 0 Å². The minimum absolute atomic E-state index is 0.0179. The summed E-state index contributed by atoms with van der Waals surface area (Å²) in [5.41, 5.74) is 4.95. The molecule has 0 amide bonds. The summed E-state index contributed by atoms with van der Waals surface area (Å²) in [6, 6.07) is 38.1. The van der Waals surface area contributed by atoms with Gasteiger partial charge in [-0.25, -0.2) is 16.8 Å². The predicted molar refractivity (Wildman–Crippen MR) is 239 cm³/mol. The lowest BCUT2D eigenvalue weighted by Crippen LogP contribution is -2.15. The normalized spacial score (nSPS) is 11.7. The van der Waals surface area contributed by atoms with Crippen molar-refractivity contribution in [1.29, 1.82) is 0 Å². The molecule has 0 aliphatic heterocycles. The van der Waals surface area contributed by atoms with Crippen LogP contribution >= 0.6 is 0 Å². The second-order valence-electron chi connectivity index (χ2n) is 14.1. The molecule has 0 saturated heterocycles. The van der Waals surface area contributed by atoms with Crippen molar-refractivity contribution in [2.24, 2.45) is 0 Å². The van der Waals surface area contributed by atoms with E-state index in [-0.39, 0.29) is 43.9 Å². The summed E-state index contributed by atoms with van der Waals surface area (Å²) in [6.07, 6.45) is 6.31. The Morgan fingerprint density at radius 1 is 0.450 bits per heavy atom. The lowest BCUT2D eigenvalue weighted by Gasteiger charge is -2.11. The van der Waals surface area contributed by atoms with Crippen LogP contribution in [0.15, 0.2) is 168 Å². The van der Waals surface area contributed by atoms with Gasteiger partial charge in [0.1, 0.15) is 0 Å². The second-order valence-corrected chi connectivity index (χ2v) is 17.5. The Bertz CT molecular complexity index is 2620. The molecule has 0 saturated carbocycles. The van der Waals surface area contributed by atoms with Crippen molar-refractivity contribution in [2.75, 3.05) is 47.4 Å². The largest absolute Gasteiger partial charge is 0.378 e. The van der Waals surface area contributed by atoms with Gasteiger partial charge in [0.05, 0.1) is 9.79 Å². The average Bonchev–Trinajstić information content (AvgIpc) is 3.25. The van der Waals surface area contributed by atoms with Gasteiger partial charge >= 0.3 is 0 Å². The molecular weight excluding hydrogens is 797 g/mol. The van der Waals surface area contributed by atoms with E-state index in [1.54, 1.807) is 12.2 Å². The van der Waals surface area contributed by atoms with E-state index in [0.29, 0.717) is 11.1 Å². The highest BCUT2D eigenvalue weighted by molar-refractivity contribution is 7.93. The molecule has 11 nitrogen and oxygen atoms in total. The van der Waals surface area contributed by atoms with Crippen LogP contribution in [-0.4, -0.2) is 62.4 Å². The van der Waals surface area contributed by atoms with Gasteiger partial charge in [-0.3, -0.25) is 23.8 Å². The molecule has 0 spiro atoms. The molecule has 0 heterocycles.